The normalized spacial score (nSPS) is 16.5. The zero-order chi connectivity index (χ0) is 15.3. The molecule has 0 aromatic heterocycles. The van der Waals surface area contributed by atoms with Crippen molar-refractivity contribution in [3.8, 4) is 5.75 Å². The van der Waals surface area contributed by atoms with Crippen molar-refractivity contribution in [2.24, 2.45) is 0 Å². The summed E-state index contributed by atoms with van der Waals surface area (Å²) in [5.41, 5.74) is -0.378. The molecule has 5 heteroatoms. The van der Waals surface area contributed by atoms with E-state index in [4.69, 9.17) is 4.74 Å². The zero-order valence-electron chi connectivity index (χ0n) is 12.1. The second-order valence-electron chi connectivity index (χ2n) is 5.20. The summed E-state index contributed by atoms with van der Waals surface area (Å²) in [6, 6.07) is 5.40. The van der Waals surface area contributed by atoms with Crippen LogP contribution in [0.4, 0.5) is 8.78 Å². The lowest BCUT2D eigenvalue weighted by Gasteiger charge is -2.23. The van der Waals surface area contributed by atoms with Crippen LogP contribution < -0.4 is 4.74 Å². The standard InChI is InChI=1S/C16H20F2O3/c1-2-20-15(19)16(17,18)12-8-10-14(11-9-12)21-13-6-4-3-5-7-13/h8-11,13H,2-7H2,1H3. The van der Waals surface area contributed by atoms with Crippen molar-refractivity contribution in [2.75, 3.05) is 6.61 Å². The van der Waals surface area contributed by atoms with Crippen LogP contribution in [0.2, 0.25) is 0 Å². The van der Waals surface area contributed by atoms with Crippen LogP contribution in [0.3, 0.4) is 0 Å². The molecule has 0 spiro atoms. The first-order valence-electron chi connectivity index (χ1n) is 7.36. The van der Waals surface area contributed by atoms with Crippen LogP contribution in [0.25, 0.3) is 0 Å². The largest absolute Gasteiger partial charge is 0.490 e. The van der Waals surface area contributed by atoms with Crippen molar-refractivity contribution in [1.29, 1.82) is 0 Å². The fourth-order valence-electron chi connectivity index (χ4n) is 2.46. The summed E-state index contributed by atoms with van der Waals surface area (Å²) in [4.78, 5) is 11.3. The fourth-order valence-corrected chi connectivity index (χ4v) is 2.46. The van der Waals surface area contributed by atoms with Gasteiger partial charge in [-0.3, -0.25) is 0 Å². The van der Waals surface area contributed by atoms with Gasteiger partial charge in [0.15, 0.2) is 0 Å². The number of benzene rings is 1. The highest BCUT2D eigenvalue weighted by atomic mass is 19.3. The first-order chi connectivity index (χ1) is 10.0. The van der Waals surface area contributed by atoms with E-state index in [1.54, 1.807) is 0 Å². The zero-order valence-corrected chi connectivity index (χ0v) is 12.1. The van der Waals surface area contributed by atoms with E-state index in [0.717, 1.165) is 25.7 Å². The van der Waals surface area contributed by atoms with Crippen molar-refractivity contribution < 1.29 is 23.0 Å². The van der Waals surface area contributed by atoms with Crippen LogP contribution >= 0.6 is 0 Å². The molecular formula is C16H20F2O3. The van der Waals surface area contributed by atoms with Crippen LogP contribution in [0.5, 0.6) is 5.75 Å². The van der Waals surface area contributed by atoms with Crippen LogP contribution in [-0.2, 0) is 15.5 Å². The lowest BCUT2D eigenvalue weighted by atomic mass is 9.98. The molecular weight excluding hydrogens is 278 g/mol. The Bertz CT molecular complexity index is 465. The lowest BCUT2D eigenvalue weighted by molar-refractivity contribution is -0.173. The molecule has 0 bridgehead atoms. The van der Waals surface area contributed by atoms with Gasteiger partial charge in [-0.05, 0) is 56.9 Å². The summed E-state index contributed by atoms with van der Waals surface area (Å²) in [6.07, 6.45) is 5.68. The van der Waals surface area contributed by atoms with Crippen LogP contribution in [-0.4, -0.2) is 18.7 Å². The highest BCUT2D eigenvalue weighted by Gasteiger charge is 2.42. The number of carbonyl (C=O) groups excluding carboxylic acids is 1. The molecule has 0 radical (unpaired) electrons. The Balaban J connectivity index is 2.02. The smallest absolute Gasteiger partial charge is 0.381 e. The second-order valence-corrected chi connectivity index (χ2v) is 5.20. The average Bonchev–Trinajstić information content (AvgIpc) is 2.49. The summed E-state index contributed by atoms with van der Waals surface area (Å²) in [6.45, 7) is 1.42. The molecule has 0 saturated heterocycles. The minimum Gasteiger partial charge on any atom is -0.490 e. The molecule has 0 N–H and O–H groups in total. The number of carbonyl (C=O) groups is 1. The van der Waals surface area contributed by atoms with Crippen LogP contribution in [0.15, 0.2) is 24.3 Å². The third kappa shape index (κ3) is 3.93. The number of alkyl halides is 2. The minimum absolute atomic E-state index is 0.0721. The predicted octanol–water partition coefficient (Wildman–Crippen LogP) is 4.05. The molecule has 1 aliphatic carbocycles. The van der Waals surface area contributed by atoms with Gasteiger partial charge in [0.2, 0.25) is 0 Å². The Morgan fingerprint density at radius 1 is 1.19 bits per heavy atom. The van der Waals surface area contributed by atoms with Gasteiger partial charge in [0, 0.05) is 5.56 Å². The van der Waals surface area contributed by atoms with Crippen molar-refractivity contribution >= 4 is 5.97 Å². The third-order valence-electron chi connectivity index (χ3n) is 3.60. The molecule has 0 atom stereocenters. The molecule has 1 aromatic carbocycles. The van der Waals surface area contributed by atoms with Crippen molar-refractivity contribution in [1.82, 2.24) is 0 Å². The quantitative estimate of drug-likeness (QED) is 0.769. The number of halogens is 2. The molecule has 1 saturated carbocycles. The van der Waals surface area contributed by atoms with Crippen molar-refractivity contribution in [2.45, 2.75) is 51.1 Å². The summed E-state index contributed by atoms with van der Waals surface area (Å²) < 4.78 is 37.8. The fraction of sp³-hybridized carbons (Fsp3) is 0.562. The molecule has 2 rings (SSSR count). The number of hydrogen-bond acceptors (Lipinski definition) is 3. The SMILES string of the molecule is CCOC(=O)C(F)(F)c1ccc(OC2CCCCC2)cc1. The van der Waals surface area contributed by atoms with E-state index in [2.05, 4.69) is 4.74 Å². The van der Waals surface area contributed by atoms with E-state index in [1.165, 1.54) is 37.6 Å². The first-order valence-corrected chi connectivity index (χ1v) is 7.36. The molecule has 0 heterocycles. The average molecular weight is 298 g/mol. The van der Waals surface area contributed by atoms with Gasteiger partial charge in [-0.15, -0.1) is 0 Å². The van der Waals surface area contributed by atoms with Gasteiger partial charge in [0.1, 0.15) is 5.75 Å². The molecule has 116 valence electrons. The number of ether oxygens (including phenoxy) is 2. The van der Waals surface area contributed by atoms with E-state index < -0.39 is 11.9 Å². The number of hydrogen-bond donors (Lipinski definition) is 0. The van der Waals surface area contributed by atoms with Crippen molar-refractivity contribution in [3.05, 3.63) is 29.8 Å². The molecule has 1 aliphatic rings. The van der Waals surface area contributed by atoms with Gasteiger partial charge in [-0.2, -0.15) is 8.78 Å². The van der Waals surface area contributed by atoms with Gasteiger partial charge in [0.25, 0.3) is 0 Å². The molecule has 21 heavy (non-hydrogen) atoms. The van der Waals surface area contributed by atoms with E-state index >= 15 is 0 Å². The van der Waals surface area contributed by atoms with E-state index in [9.17, 15) is 13.6 Å². The third-order valence-corrected chi connectivity index (χ3v) is 3.60. The molecule has 3 nitrogen and oxygen atoms in total. The van der Waals surface area contributed by atoms with Gasteiger partial charge < -0.3 is 9.47 Å². The van der Waals surface area contributed by atoms with Gasteiger partial charge in [0.05, 0.1) is 12.7 Å². The van der Waals surface area contributed by atoms with E-state index in [-0.39, 0.29) is 18.3 Å². The van der Waals surface area contributed by atoms with Gasteiger partial charge in [-0.1, -0.05) is 6.42 Å². The summed E-state index contributed by atoms with van der Waals surface area (Å²) in [5.74, 6) is -4.59. The Morgan fingerprint density at radius 2 is 1.81 bits per heavy atom. The molecule has 0 amide bonds. The van der Waals surface area contributed by atoms with E-state index in [1.807, 2.05) is 0 Å². The maximum absolute atomic E-state index is 13.8. The maximum atomic E-state index is 13.8. The first kappa shape index (κ1) is 15.7. The maximum Gasteiger partial charge on any atom is 0.381 e. The topological polar surface area (TPSA) is 35.5 Å². The number of esters is 1. The Morgan fingerprint density at radius 3 is 2.38 bits per heavy atom. The summed E-state index contributed by atoms with van der Waals surface area (Å²) >= 11 is 0. The number of rotatable bonds is 5. The molecule has 0 unspecified atom stereocenters. The predicted molar refractivity (Wildman–Crippen MR) is 74.5 cm³/mol. The Kier molecular flexibility index (Phi) is 5.15. The second kappa shape index (κ2) is 6.87. The monoisotopic (exact) mass is 298 g/mol. The summed E-state index contributed by atoms with van der Waals surface area (Å²) in [5, 5.41) is 0. The van der Waals surface area contributed by atoms with E-state index in [0.29, 0.717) is 5.75 Å². The Labute approximate surface area is 123 Å². The Hall–Kier alpha value is -1.65. The summed E-state index contributed by atoms with van der Waals surface area (Å²) in [7, 11) is 0. The van der Waals surface area contributed by atoms with Gasteiger partial charge in [-0.25, -0.2) is 4.79 Å². The minimum atomic E-state index is -3.63. The highest BCUT2D eigenvalue weighted by molar-refractivity contribution is 5.79. The lowest BCUT2D eigenvalue weighted by Crippen LogP contribution is -2.28. The van der Waals surface area contributed by atoms with Gasteiger partial charge >= 0.3 is 11.9 Å². The van der Waals surface area contributed by atoms with Crippen LogP contribution in [0.1, 0.15) is 44.6 Å². The highest BCUT2D eigenvalue weighted by Crippen LogP contribution is 2.31. The molecule has 1 aromatic rings. The van der Waals surface area contributed by atoms with Crippen LogP contribution in [0, 0.1) is 0 Å². The molecule has 1 fully saturated rings. The molecule has 0 aliphatic heterocycles. The van der Waals surface area contributed by atoms with Crippen molar-refractivity contribution in [3.63, 3.8) is 0 Å².